The average molecular weight is 527 g/mol. The molecule has 30 heavy (non-hydrogen) atoms. The number of thiophene rings is 1. The molecule has 1 aliphatic rings. The van der Waals surface area contributed by atoms with Gasteiger partial charge in [0, 0.05) is 0 Å². The first-order valence-electron chi connectivity index (χ1n) is 9.16. The van der Waals surface area contributed by atoms with Crippen molar-refractivity contribution in [2.24, 2.45) is 0 Å². The maximum Gasteiger partial charge on any atom is 0.285 e. The van der Waals surface area contributed by atoms with Gasteiger partial charge in [0.1, 0.15) is 0 Å². The summed E-state index contributed by atoms with van der Waals surface area (Å²) in [7, 11) is 0. The quantitative estimate of drug-likeness (QED) is 0.374. The summed E-state index contributed by atoms with van der Waals surface area (Å²) in [6, 6.07) is 7.12. The van der Waals surface area contributed by atoms with Crippen molar-refractivity contribution in [3.63, 3.8) is 0 Å². The monoisotopic (exact) mass is 526 g/mol. The molecule has 10 heteroatoms. The van der Waals surface area contributed by atoms with Crippen molar-refractivity contribution >= 4 is 73.5 Å². The molecule has 1 aliphatic heterocycles. The van der Waals surface area contributed by atoms with Crippen molar-refractivity contribution in [1.29, 1.82) is 0 Å². The molecule has 6 nitrogen and oxygen atoms in total. The number of hydrogen-bond donors (Lipinski definition) is 1. The third kappa shape index (κ3) is 5.23. The number of amides is 2. The van der Waals surface area contributed by atoms with Gasteiger partial charge in [-0.2, -0.15) is 5.01 Å². The van der Waals surface area contributed by atoms with Gasteiger partial charge in [-0.1, -0.05) is 24.8 Å². The summed E-state index contributed by atoms with van der Waals surface area (Å²) in [5, 5.41) is 2.89. The predicted octanol–water partition coefficient (Wildman–Crippen LogP) is 5.24. The van der Waals surface area contributed by atoms with Crippen LogP contribution in [0.15, 0.2) is 39.0 Å². The highest BCUT2D eigenvalue weighted by atomic mass is 79.9. The van der Waals surface area contributed by atoms with Crippen LogP contribution in [0.1, 0.15) is 35.5 Å². The lowest BCUT2D eigenvalue weighted by Crippen LogP contribution is -2.44. The molecule has 1 fully saturated rings. The Labute approximate surface area is 196 Å². The number of benzene rings is 1. The molecular weight excluding hydrogens is 508 g/mol. The first-order chi connectivity index (χ1) is 14.4. The molecule has 2 aromatic rings. The number of carbonyl (C=O) groups excluding carboxylic acids is 2. The lowest BCUT2D eigenvalue weighted by atomic mass is 10.2. The van der Waals surface area contributed by atoms with Crippen LogP contribution in [0.2, 0.25) is 0 Å². The molecule has 1 aromatic carbocycles. The van der Waals surface area contributed by atoms with E-state index in [1.54, 1.807) is 23.6 Å². The highest BCUT2D eigenvalue weighted by molar-refractivity contribution is 9.10. The van der Waals surface area contributed by atoms with Crippen LogP contribution in [0.3, 0.4) is 0 Å². The number of nitrogens with zero attached hydrogens (tertiary/aromatic N) is 1. The van der Waals surface area contributed by atoms with E-state index < -0.39 is 0 Å². The summed E-state index contributed by atoms with van der Waals surface area (Å²) in [5.41, 5.74) is 3.32. The smallest absolute Gasteiger partial charge is 0.285 e. The van der Waals surface area contributed by atoms with Crippen molar-refractivity contribution in [2.45, 2.75) is 20.3 Å². The van der Waals surface area contributed by atoms with Gasteiger partial charge in [0.05, 0.1) is 27.5 Å². The summed E-state index contributed by atoms with van der Waals surface area (Å²) in [4.78, 5) is 26.0. The molecule has 0 radical (unpaired) electrons. The molecule has 3 rings (SSSR count). The Hall–Kier alpha value is -1.88. The Balaban J connectivity index is 1.83. The van der Waals surface area contributed by atoms with Crippen LogP contribution >= 0.6 is 51.2 Å². The number of rotatable bonds is 8. The van der Waals surface area contributed by atoms with Gasteiger partial charge in [0.15, 0.2) is 15.8 Å². The molecule has 0 spiro atoms. The van der Waals surface area contributed by atoms with Gasteiger partial charge < -0.3 is 9.47 Å². The zero-order chi connectivity index (χ0) is 21.7. The van der Waals surface area contributed by atoms with Gasteiger partial charge in [0.2, 0.25) is 0 Å². The summed E-state index contributed by atoms with van der Waals surface area (Å²) in [6.07, 6.45) is 2.59. The van der Waals surface area contributed by atoms with Crippen LogP contribution in [0, 0.1) is 0 Å². The predicted molar refractivity (Wildman–Crippen MR) is 128 cm³/mol. The normalized spacial score (nSPS) is 15.0. The van der Waals surface area contributed by atoms with Crippen molar-refractivity contribution in [2.75, 3.05) is 13.2 Å². The van der Waals surface area contributed by atoms with E-state index in [9.17, 15) is 9.59 Å². The molecule has 2 heterocycles. The fraction of sp³-hybridized carbons (Fsp3) is 0.250. The first-order valence-corrected chi connectivity index (χ1v) is 12.1. The minimum atomic E-state index is -0.379. The van der Waals surface area contributed by atoms with Gasteiger partial charge >= 0.3 is 0 Å². The molecule has 1 aromatic heterocycles. The van der Waals surface area contributed by atoms with Crippen molar-refractivity contribution in [3.05, 3.63) is 49.5 Å². The van der Waals surface area contributed by atoms with E-state index in [-0.39, 0.29) is 16.1 Å². The third-order valence-electron chi connectivity index (χ3n) is 3.83. The van der Waals surface area contributed by atoms with E-state index >= 15 is 0 Å². The van der Waals surface area contributed by atoms with Gasteiger partial charge in [-0.3, -0.25) is 15.0 Å². The second-order valence-corrected chi connectivity index (χ2v) is 9.52. The number of ether oxygens (including phenoxy) is 2. The number of thiocarbonyl (C=S) groups is 1. The molecule has 0 saturated carbocycles. The molecule has 0 aliphatic carbocycles. The van der Waals surface area contributed by atoms with E-state index in [4.69, 9.17) is 21.7 Å². The summed E-state index contributed by atoms with van der Waals surface area (Å²) in [6.45, 7) is 4.98. The maximum atomic E-state index is 12.8. The standard InChI is InChI=1S/C20H19BrN2O4S3/c1-3-7-27-17-13(21)9-12(10-14(17)26-4-2)11-16-19(25)23(20(28)30-16)22-18(24)15-6-5-8-29-15/h5-6,8-11H,3-4,7H2,1-2H3,(H,22,24). The number of halogens is 1. The van der Waals surface area contributed by atoms with Crippen molar-refractivity contribution < 1.29 is 19.1 Å². The Morgan fingerprint density at radius 2 is 2.13 bits per heavy atom. The Morgan fingerprint density at radius 1 is 1.33 bits per heavy atom. The Morgan fingerprint density at radius 3 is 2.80 bits per heavy atom. The minimum absolute atomic E-state index is 0.267. The summed E-state index contributed by atoms with van der Waals surface area (Å²) < 4.78 is 12.5. The molecule has 1 N–H and O–H groups in total. The minimum Gasteiger partial charge on any atom is -0.490 e. The molecule has 0 atom stereocenters. The van der Waals surface area contributed by atoms with E-state index in [1.165, 1.54) is 11.3 Å². The highest BCUT2D eigenvalue weighted by Crippen LogP contribution is 2.39. The number of nitrogens with one attached hydrogen (secondary N) is 1. The van der Waals surface area contributed by atoms with Crippen LogP contribution < -0.4 is 14.9 Å². The number of carbonyl (C=O) groups is 2. The Bertz CT molecular complexity index is 992. The maximum absolute atomic E-state index is 12.8. The van der Waals surface area contributed by atoms with E-state index in [0.717, 1.165) is 33.2 Å². The second-order valence-electron chi connectivity index (χ2n) is 6.05. The summed E-state index contributed by atoms with van der Waals surface area (Å²) in [5.74, 6) is 0.469. The average Bonchev–Trinajstić information content (AvgIpc) is 3.33. The zero-order valence-electron chi connectivity index (χ0n) is 16.3. The molecule has 158 valence electrons. The number of hydrogen-bond acceptors (Lipinski definition) is 7. The fourth-order valence-corrected chi connectivity index (χ4v) is 4.93. The van der Waals surface area contributed by atoms with Crippen LogP contribution in [0.25, 0.3) is 6.08 Å². The zero-order valence-corrected chi connectivity index (χ0v) is 20.3. The number of thioether (sulfide) groups is 1. The lowest BCUT2D eigenvalue weighted by Gasteiger charge is -2.15. The lowest BCUT2D eigenvalue weighted by molar-refractivity contribution is -0.123. The van der Waals surface area contributed by atoms with Gasteiger partial charge in [0.25, 0.3) is 11.8 Å². The molecular formula is C20H19BrN2O4S3. The van der Waals surface area contributed by atoms with Crippen molar-refractivity contribution in [1.82, 2.24) is 10.4 Å². The molecule has 1 saturated heterocycles. The second kappa shape index (κ2) is 10.4. The third-order valence-corrected chi connectivity index (χ3v) is 6.59. The largest absolute Gasteiger partial charge is 0.490 e. The molecule has 2 amide bonds. The van der Waals surface area contributed by atoms with Gasteiger partial charge in [-0.25, -0.2) is 0 Å². The van der Waals surface area contributed by atoms with Crippen LogP contribution in [0.5, 0.6) is 11.5 Å². The molecule has 0 unspecified atom stereocenters. The fourth-order valence-electron chi connectivity index (χ4n) is 2.56. The van der Waals surface area contributed by atoms with Crippen LogP contribution in [-0.2, 0) is 4.79 Å². The van der Waals surface area contributed by atoms with E-state index in [1.807, 2.05) is 26.0 Å². The van der Waals surface area contributed by atoms with Crippen molar-refractivity contribution in [3.8, 4) is 11.5 Å². The van der Waals surface area contributed by atoms with Crippen LogP contribution in [-0.4, -0.2) is 34.4 Å². The SMILES string of the molecule is CCCOc1c(Br)cc(C=C2SC(=S)N(NC(=O)c3cccs3)C2=O)cc1OCC. The van der Waals surface area contributed by atoms with E-state index in [0.29, 0.717) is 34.5 Å². The Kier molecular flexibility index (Phi) is 7.93. The number of hydrazine groups is 1. The van der Waals surface area contributed by atoms with Gasteiger partial charge in [-0.15, -0.1) is 11.3 Å². The van der Waals surface area contributed by atoms with Gasteiger partial charge in [-0.05, 0) is 76.7 Å². The van der Waals surface area contributed by atoms with E-state index in [2.05, 4.69) is 21.4 Å². The molecule has 0 bridgehead atoms. The highest BCUT2D eigenvalue weighted by Gasteiger charge is 2.34. The van der Waals surface area contributed by atoms with Crippen LogP contribution in [0.4, 0.5) is 0 Å². The first kappa shape index (κ1) is 22.8. The summed E-state index contributed by atoms with van der Waals surface area (Å²) >= 11 is 11.2. The topological polar surface area (TPSA) is 67.9 Å².